The van der Waals surface area contributed by atoms with E-state index in [0.29, 0.717) is 44.4 Å². The van der Waals surface area contributed by atoms with Gasteiger partial charge in [0, 0.05) is 26.1 Å². The molecular weight excluding hydrogens is 320 g/mol. The highest BCUT2D eigenvalue weighted by molar-refractivity contribution is 5.74. The number of hydrogen-bond donors (Lipinski definition) is 1. The van der Waals surface area contributed by atoms with Crippen LogP contribution < -0.4 is 5.32 Å². The van der Waals surface area contributed by atoms with Crippen molar-refractivity contribution in [2.45, 2.75) is 32.3 Å². The summed E-state index contributed by atoms with van der Waals surface area (Å²) in [6.07, 6.45) is 2.49. The highest BCUT2D eigenvalue weighted by atomic mass is 16.5. The molecule has 1 fully saturated rings. The van der Waals surface area contributed by atoms with Gasteiger partial charge in [-0.05, 0) is 25.3 Å². The van der Waals surface area contributed by atoms with Crippen LogP contribution in [-0.4, -0.2) is 53.4 Å². The van der Waals surface area contributed by atoms with E-state index < -0.39 is 0 Å². The number of carbonyl (C=O) groups excluding carboxylic acids is 1. The van der Waals surface area contributed by atoms with Crippen molar-refractivity contribution in [1.29, 1.82) is 0 Å². The molecule has 1 aromatic heterocycles. The van der Waals surface area contributed by atoms with Gasteiger partial charge in [-0.15, -0.1) is 0 Å². The van der Waals surface area contributed by atoms with E-state index in [1.54, 1.807) is 6.92 Å². The third kappa shape index (κ3) is 5.29. The highest BCUT2D eigenvalue weighted by Crippen LogP contribution is 2.12. The summed E-state index contributed by atoms with van der Waals surface area (Å²) in [7, 11) is 0. The molecule has 0 unspecified atom stereocenters. The van der Waals surface area contributed by atoms with Gasteiger partial charge in [-0.1, -0.05) is 35.5 Å². The van der Waals surface area contributed by atoms with E-state index >= 15 is 0 Å². The lowest BCUT2D eigenvalue weighted by atomic mass is 10.1. The third-order valence-corrected chi connectivity index (χ3v) is 4.21. The number of rotatable bonds is 6. The van der Waals surface area contributed by atoms with Gasteiger partial charge >= 0.3 is 6.03 Å². The van der Waals surface area contributed by atoms with Crippen LogP contribution in [0.1, 0.15) is 23.7 Å². The van der Waals surface area contributed by atoms with Crippen LogP contribution >= 0.6 is 0 Å². The minimum atomic E-state index is -0.0655. The largest absolute Gasteiger partial charge is 0.375 e. The van der Waals surface area contributed by atoms with Crippen LogP contribution in [0.15, 0.2) is 34.9 Å². The van der Waals surface area contributed by atoms with E-state index in [1.807, 2.05) is 23.1 Å². The van der Waals surface area contributed by atoms with Gasteiger partial charge in [0.05, 0.1) is 12.7 Å². The Morgan fingerprint density at radius 2 is 2.16 bits per heavy atom. The van der Waals surface area contributed by atoms with Gasteiger partial charge in [-0.25, -0.2) is 4.79 Å². The molecule has 7 heteroatoms. The molecule has 3 rings (SSSR count). The van der Waals surface area contributed by atoms with E-state index in [2.05, 4.69) is 27.6 Å². The summed E-state index contributed by atoms with van der Waals surface area (Å²) < 4.78 is 10.8. The maximum atomic E-state index is 12.3. The van der Waals surface area contributed by atoms with Crippen molar-refractivity contribution in [3.8, 4) is 0 Å². The predicted molar refractivity (Wildman–Crippen MR) is 92.2 cm³/mol. The quantitative estimate of drug-likeness (QED) is 0.866. The molecule has 1 aliphatic rings. The number of morpholine rings is 1. The van der Waals surface area contributed by atoms with Crippen LogP contribution in [0.4, 0.5) is 4.79 Å². The fourth-order valence-electron chi connectivity index (χ4n) is 2.88. The molecule has 1 saturated heterocycles. The van der Waals surface area contributed by atoms with Crippen LogP contribution in [0.3, 0.4) is 0 Å². The average Bonchev–Trinajstić information content (AvgIpc) is 3.06. The van der Waals surface area contributed by atoms with Crippen LogP contribution in [0.5, 0.6) is 0 Å². The first-order valence-corrected chi connectivity index (χ1v) is 8.68. The Hall–Kier alpha value is -2.41. The molecule has 2 aromatic rings. The lowest BCUT2D eigenvalue weighted by molar-refractivity contribution is -0.0176. The molecular formula is C18H24N4O3. The van der Waals surface area contributed by atoms with Gasteiger partial charge in [-0.2, -0.15) is 4.98 Å². The highest BCUT2D eigenvalue weighted by Gasteiger charge is 2.23. The van der Waals surface area contributed by atoms with Crippen LogP contribution in [-0.2, 0) is 17.6 Å². The maximum absolute atomic E-state index is 12.3. The van der Waals surface area contributed by atoms with Crippen molar-refractivity contribution in [2.24, 2.45) is 0 Å². The van der Waals surface area contributed by atoms with Crippen molar-refractivity contribution >= 4 is 6.03 Å². The van der Waals surface area contributed by atoms with Crippen molar-refractivity contribution in [3.05, 3.63) is 47.6 Å². The molecule has 7 nitrogen and oxygen atoms in total. The molecule has 0 saturated carbocycles. The Bertz CT molecular complexity index is 674. The van der Waals surface area contributed by atoms with Gasteiger partial charge < -0.3 is 19.5 Å². The third-order valence-electron chi connectivity index (χ3n) is 4.21. The first-order valence-electron chi connectivity index (χ1n) is 8.68. The number of benzene rings is 1. The van der Waals surface area contributed by atoms with Crippen molar-refractivity contribution < 1.29 is 14.1 Å². The number of nitrogens with zero attached hydrogens (tertiary/aromatic N) is 3. The first-order chi connectivity index (χ1) is 12.2. The van der Waals surface area contributed by atoms with E-state index in [-0.39, 0.29) is 12.1 Å². The standard InChI is InChI=1S/C18H24N4O3/c1-14-20-17(25-21-14)9-10-19-18(23)22-11-12-24-16(13-22)8-7-15-5-3-2-4-6-15/h2-6,16H,7-13H2,1H3,(H,19,23)/t16-/m0/s1. The van der Waals surface area contributed by atoms with Gasteiger partial charge in [0.25, 0.3) is 0 Å². The number of aromatic nitrogens is 2. The normalized spacial score (nSPS) is 17.5. The lowest BCUT2D eigenvalue weighted by Crippen LogP contribution is -2.50. The molecule has 1 atom stereocenters. The molecule has 0 radical (unpaired) electrons. The topological polar surface area (TPSA) is 80.5 Å². The lowest BCUT2D eigenvalue weighted by Gasteiger charge is -2.33. The summed E-state index contributed by atoms with van der Waals surface area (Å²) in [5, 5.41) is 6.64. The molecule has 2 amide bonds. The average molecular weight is 344 g/mol. The number of ether oxygens (including phenoxy) is 1. The molecule has 1 aliphatic heterocycles. The molecule has 2 heterocycles. The second kappa shape index (κ2) is 8.62. The second-order valence-electron chi connectivity index (χ2n) is 6.18. The minimum absolute atomic E-state index is 0.0655. The summed E-state index contributed by atoms with van der Waals surface area (Å²) in [6, 6.07) is 10.3. The number of urea groups is 1. The van der Waals surface area contributed by atoms with E-state index in [9.17, 15) is 4.79 Å². The Labute approximate surface area is 147 Å². The zero-order valence-electron chi connectivity index (χ0n) is 14.5. The van der Waals surface area contributed by atoms with Crippen molar-refractivity contribution in [3.63, 3.8) is 0 Å². The van der Waals surface area contributed by atoms with Crippen LogP contribution in [0.25, 0.3) is 0 Å². The van der Waals surface area contributed by atoms with Crippen LogP contribution in [0, 0.1) is 6.92 Å². The smallest absolute Gasteiger partial charge is 0.317 e. The summed E-state index contributed by atoms with van der Waals surface area (Å²) >= 11 is 0. The van der Waals surface area contributed by atoms with Crippen molar-refractivity contribution in [1.82, 2.24) is 20.4 Å². The molecule has 0 spiro atoms. The Balaban J connectivity index is 1.40. The Morgan fingerprint density at radius 1 is 1.32 bits per heavy atom. The van der Waals surface area contributed by atoms with Gasteiger partial charge in [0.15, 0.2) is 5.82 Å². The summed E-state index contributed by atoms with van der Waals surface area (Å²) in [4.78, 5) is 18.2. The number of nitrogens with one attached hydrogen (secondary N) is 1. The Kier molecular flexibility index (Phi) is 6.00. The number of aryl methyl sites for hydroxylation is 2. The fourth-order valence-corrected chi connectivity index (χ4v) is 2.88. The zero-order valence-corrected chi connectivity index (χ0v) is 14.5. The maximum Gasteiger partial charge on any atom is 0.317 e. The zero-order chi connectivity index (χ0) is 17.5. The van der Waals surface area contributed by atoms with Crippen LogP contribution in [0.2, 0.25) is 0 Å². The molecule has 134 valence electrons. The first kappa shape index (κ1) is 17.4. The summed E-state index contributed by atoms with van der Waals surface area (Å²) in [6.45, 7) is 4.07. The second-order valence-corrected chi connectivity index (χ2v) is 6.18. The molecule has 1 N–H and O–H groups in total. The number of amides is 2. The van der Waals surface area contributed by atoms with Gasteiger partial charge in [-0.3, -0.25) is 0 Å². The molecule has 1 aromatic carbocycles. The molecule has 0 aliphatic carbocycles. The van der Waals surface area contributed by atoms with E-state index in [4.69, 9.17) is 9.26 Å². The van der Waals surface area contributed by atoms with Gasteiger partial charge in [0.2, 0.25) is 5.89 Å². The molecule has 0 bridgehead atoms. The number of carbonyl (C=O) groups is 1. The summed E-state index contributed by atoms with van der Waals surface area (Å²) in [5.74, 6) is 1.15. The monoisotopic (exact) mass is 344 g/mol. The summed E-state index contributed by atoms with van der Waals surface area (Å²) in [5.41, 5.74) is 1.29. The fraction of sp³-hybridized carbons (Fsp3) is 0.500. The molecule has 25 heavy (non-hydrogen) atoms. The number of hydrogen-bond acceptors (Lipinski definition) is 5. The van der Waals surface area contributed by atoms with E-state index in [1.165, 1.54) is 5.56 Å². The van der Waals surface area contributed by atoms with Gasteiger partial charge in [0.1, 0.15) is 0 Å². The predicted octanol–water partition coefficient (Wildman–Crippen LogP) is 1.96. The SMILES string of the molecule is Cc1noc(CCNC(=O)N2CCO[C@@H](CCc3ccccc3)C2)n1. The van der Waals surface area contributed by atoms with E-state index in [0.717, 1.165) is 12.8 Å². The minimum Gasteiger partial charge on any atom is -0.375 e. The van der Waals surface area contributed by atoms with Crippen molar-refractivity contribution in [2.75, 3.05) is 26.2 Å². The Morgan fingerprint density at radius 3 is 2.92 bits per heavy atom.